The van der Waals surface area contributed by atoms with E-state index in [1.165, 1.54) is 12.1 Å². The van der Waals surface area contributed by atoms with E-state index < -0.39 is 5.97 Å². The quantitative estimate of drug-likeness (QED) is 0.888. The van der Waals surface area contributed by atoms with Crippen molar-refractivity contribution in [3.8, 4) is 0 Å². The molecule has 1 aliphatic rings. The number of carboxylic acid groups (broad SMARTS) is 1. The number of rotatable bonds is 4. The number of urea groups is 1. The number of carbonyl (C=O) groups is 2. The van der Waals surface area contributed by atoms with Gasteiger partial charge in [0.05, 0.1) is 17.9 Å². The molecule has 0 saturated carbocycles. The molecule has 0 bridgehead atoms. The summed E-state index contributed by atoms with van der Waals surface area (Å²) in [6.07, 6.45) is 3.49. The summed E-state index contributed by atoms with van der Waals surface area (Å²) >= 11 is 0. The van der Waals surface area contributed by atoms with E-state index in [1.54, 1.807) is 18.4 Å². The molecule has 25 heavy (non-hydrogen) atoms. The highest BCUT2D eigenvalue weighted by atomic mass is 16.4. The van der Waals surface area contributed by atoms with Gasteiger partial charge in [0.2, 0.25) is 0 Å². The second-order valence-electron chi connectivity index (χ2n) is 6.51. The van der Waals surface area contributed by atoms with Crippen LogP contribution in [-0.4, -0.2) is 28.6 Å². The normalized spacial score (nSPS) is 20.3. The third-order valence-corrected chi connectivity index (χ3v) is 4.64. The number of furan rings is 1. The van der Waals surface area contributed by atoms with Crippen molar-refractivity contribution in [2.45, 2.75) is 32.4 Å². The Morgan fingerprint density at radius 1 is 1.28 bits per heavy atom. The Labute approximate surface area is 146 Å². The number of benzene rings is 1. The molecule has 2 unspecified atom stereocenters. The summed E-state index contributed by atoms with van der Waals surface area (Å²) in [5.74, 6) is 0.398. The zero-order chi connectivity index (χ0) is 17.8. The number of amides is 2. The number of nitrogens with one attached hydrogen (secondary N) is 1. The van der Waals surface area contributed by atoms with Crippen LogP contribution in [0.2, 0.25) is 0 Å². The molecule has 0 aliphatic carbocycles. The minimum absolute atomic E-state index is 0.0480. The van der Waals surface area contributed by atoms with Crippen LogP contribution in [0.15, 0.2) is 47.1 Å². The molecule has 6 nitrogen and oxygen atoms in total. The molecule has 1 aliphatic heterocycles. The minimum Gasteiger partial charge on any atom is -0.478 e. The molecule has 0 spiro atoms. The van der Waals surface area contributed by atoms with Crippen LogP contribution >= 0.6 is 0 Å². The van der Waals surface area contributed by atoms with Gasteiger partial charge >= 0.3 is 12.0 Å². The van der Waals surface area contributed by atoms with Crippen LogP contribution in [0.5, 0.6) is 0 Å². The van der Waals surface area contributed by atoms with Gasteiger partial charge in [0.15, 0.2) is 0 Å². The van der Waals surface area contributed by atoms with Gasteiger partial charge in [0.1, 0.15) is 5.76 Å². The number of piperidine rings is 1. The van der Waals surface area contributed by atoms with Crippen molar-refractivity contribution >= 4 is 12.0 Å². The van der Waals surface area contributed by atoms with Crippen molar-refractivity contribution in [1.29, 1.82) is 0 Å². The molecule has 2 amide bonds. The van der Waals surface area contributed by atoms with E-state index >= 15 is 0 Å². The van der Waals surface area contributed by atoms with E-state index in [1.807, 2.05) is 17.0 Å². The Bertz CT molecular complexity index is 724. The molecule has 1 saturated heterocycles. The zero-order valence-corrected chi connectivity index (χ0v) is 14.1. The maximum atomic E-state index is 12.6. The van der Waals surface area contributed by atoms with Gasteiger partial charge in [-0.15, -0.1) is 0 Å². The van der Waals surface area contributed by atoms with Crippen molar-refractivity contribution in [3.63, 3.8) is 0 Å². The van der Waals surface area contributed by atoms with Gasteiger partial charge in [-0.05, 0) is 48.6 Å². The standard InChI is InChI=1S/C19H22N2O4/c1-13-8-9-21(16(11-13)17-3-2-10-25-17)19(24)20-12-14-4-6-15(7-5-14)18(22)23/h2-7,10,13,16H,8-9,11-12H2,1H3,(H,20,24)(H,22,23). The second-order valence-corrected chi connectivity index (χ2v) is 6.51. The lowest BCUT2D eigenvalue weighted by atomic mass is 9.91. The summed E-state index contributed by atoms with van der Waals surface area (Å²) in [6.45, 7) is 3.24. The lowest BCUT2D eigenvalue weighted by Crippen LogP contribution is -2.45. The van der Waals surface area contributed by atoms with Crippen molar-refractivity contribution in [2.24, 2.45) is 5.92 Å². The fourth-order valence-corrected chi connectivity index (χ4v) is 3.18. The number of nitrogens with zero attached hydrogens (tertiary/aromatic N) is 1. The Kier molecular flexibility index (Phi) is 5.07. The number of hydrogen-bond donors (Lipinski definition) is 2. The summed E-state index contributed by atoms with van der Waals surface area (Å²) < 4.78 is 5.52. The van der Waals surface area contributed by atoms with Crippen molar-refractivity contribution in [2.75, 3.05) is 6.54 Å². The minimum atomic E-state index is -0.959. The Hall–Kier alpha value is -2.76. The Morgan fingerprint density at radius 2 is 2.04 bits per heavy atom. The molecule has 0 radical (unpaired) electrons. The summed E-state index contributed by atoms with van der Waals surface area (Å²) in [7, 11) is 0. The number of likely N-dealkylation sites (tertiary alicyclic amines) is 1. The summed E-state index contributed by atoms with van der Waals surface area (Å²) in [5.41, 5.74) is 1.09. The first kappa shape index (κ1) is 17.1. The van der Waals surface area contributed by atoms with Gasteiger partial charge in [0.25, 0.3) is 0 Å². The molecule has 2 atom stereocenters. The zero-order valence-electron chi connectivity index (χ0n) is 14.1. The SMILES string of the molecule is CC1CCN(C(=O)NCc2ccc(C(=O)O)cc2)C(c2ccco2)C1. The van der Waals surface area contributed by atoms with Crippen LogP contribution in [0.25, 0.3) is 0 Å². The maximum absolute atomic E-state index is 12.6. The third kappa shape index (κ3) is 4.02. The van der Waals surface area contributed by atoms with E-state index in [4.69, 9.17) is 9.52 Å². The highest BCUT2D eigenvalue weighted by Gasteiger charge is 2.32. The molecular formula is C19H22N2O4. The summed E-state index contributed by atoms with van der Waals surface area (Å²) in [5, 5.41) is 11.8. The lowest BCUT2D eigenvalue weighted by molar-refractivity contribution is 0.0696. The van der Waals surface area contributed by atoms with Crippen molar-refractivity contribution in [3.05, 3.63) is 59.5 Å². The van der Waals surface area contributed by atoms with E-state index in [-0.39, 0.29) is 17.6 Å². The topological polar surface area (TPSA) is 82.8 Å². The molecule has 2 heterocycles. The largest absolute Gasteiger partial charge is 0.478 e. The van der Waals surface area contributed by atoms with Crippen LogP contribution in [-0.2, 0) is 6.54 Å². The summed E-state index contributed by atoms with van der Waals surface area (Å²) in [4.78, 5) is 25.3. The fourth-order valence-electron chi connectivity index (χ4n) is 3.18. The number of hydrogen-bond acceptors (Lipinski definition) is 3. The second kappa shape index (κ2) is 7.42. The number of carbonyl (C=O) groups excluding carboxylic acids is 1. The predicted octanol–water partition coefficient (Wildman–Crippen LogP) is 3.66. The van der Waals surface area contributed by atoms with Crippen LogP contribution in [0, 0.1) is 5.92 Å². The van der Waals surface area contributed by atoms with Crippen LogP contribution in [0.3, 0.4) is 0 Å². The van der Waals surface area contributed by atoms with Crippen LogP contribution in [0.1, 0.15) is 47.5 Å². The molecule has 2 aromatic rings. The average molecular weight is 342 g/mol. The first-order valence-electron chi connectivity index (χ1n) is 8.44. The van der Waals surface area contributed by atoms with Crippen LogP contribution < -0.4 is 5.32 Å². The molecule has 1 aromatic heterocycles. The van der Waals surface area contributed by atoms with Crippen molar-refractivity contribution in [1.82, 2.24) is 10.2 Å². The third-order valence-electron chi connectivity index (χ3n) is 4.64. The van der Waals surface area contributed by atoms with Gasteiger partial charge < -0.3 is 19.7 Å². The van der Waals surface area contributed by atoms with Gasteiger partial charge in [-0.25, -0.2) is 9.59 Å². The predicted molar refractivity (Wildman–Crippen MR) is 92.2 cm³/mol. The Morgan fingerprint density at radius 3 is 2.68 bits per heavy atom. The van der Waals surface area contributed by atoms with Gasteiger partial charge in [-0.1, -0.05) is 19.1 Å². The first-order chi connectivity index (χ1) is 12.0. The fraction of sp³-hybridized carbons (Fsp3) is 0.368. The molecule has 1 fully saturated rings. The highest BCUT2D eigenvalue weighted by molar-refractivity contribution is 5.87. The highest BCUT2D eigenvalue weighted by Crippen LogP contribution is 2.34. The lowest BCUT2D eigenvalue weighted by Gasteiger charge is -2.37. The average Bonchev–Trinajstić information content (AvgIpc) is 3.14. The molecule has 1 aromatic carbocycles. The monoisotopic (exact) mass is 342 g/mol. The molecule has 2 N–H and O–H groups in total. The van der Waals surface area contributed by atoms with Crippen LogP contribution in [0.4, 0.5) is 4.79 Å². The maximum Gasteiger partial charge on any atom is 0.335 e. The summed E-state index contributed by atoms with van der Waals surface area (Å²) in [6, 6.07) is 10.1. The van der Waals surface area contributed by atoms with E-state index in [0.717, 1.165) is 24.2 Å². The molecule has 3 rings (SSSR count). The Balaban J connectivity index is 1.64. The number of carboxylic acids is 1. The van der Waals surface area contributed by atoms with Crippen molar-refractivity contribution < 1.29 is 19.1 Å². The molecule has 6 heteroatoms. The van der Waals surface area contributed by atoms with Gasteiger partial charge in [-0.2, -0.15) is 0 Å². The smallest absolute Gasteiger partial charge is 0.335 e. The van der Waals surface area contributed by atoms with Gasteiger partial charge in [0, 0.05) is 13.1 Å². The number of aromatic carboxylic acids is 1. The van der Waals surface area contributed by atoms with Gasteiger partial charge in [-0.3, -0.25) is 0 Å². The molecule has 132 valence electrons. The first-order valence-corrected chi connectivity index (χ1v) is 8.44. The van der Waals surface area contributed by atoms with E-state index in [0.29, 0.717) is 19.0 Å². The van der Waals surface area contributed by atoms with E-state index in [2.05, 4.69) is 12.2 Å². The van der Waals surface area contributed by atoms with E-state index in [9.17, 15) is 9.59 Å². The molecular weight excluding hydrogens is 320 g/mol.